The second-order valence-electron chi connectivity index (χ2n) is 5.29. The van der Waals surface area contributed by atoms with Gasteiger partial charge in [-0.3, -0.25) is 0 Å². The van der Waals surface area contributed by atoms with Gasteiger partial charge in [-0.1, -0.05) is 54.6 Å². The summed E-state index contributed by atoms with van der Waals surface area (Å²) >= 11 is 0. The summed E-state index contributed by atoms with van der Waals surface area (Å²) in [6.07, 6.45) is 8.17. The first kappa shape index (κ1) is 12.0. The molecule has 0 saturated carbocycles. The fourth-order valence-corrected chi connectivity index (χ4v) is 2.41. The monoisotopic (exact) mass is 250 g/mol. The maximum absolute atomic E-state index is 6.28. The summed E-state index contributed by atoms with van der Waals surface area (Å²) in [7, 11) is 0. The second kappa shape index (κ2) is 4.56. The van der Waals surface area contributed by atoms with E-state index in [1.807, 2.05) is 25.2 Å². The van der Waals surface area contributed by atoms with Crippen LogP contribution in [0.3, 0.4) is 0 Å². The molecule has 0 radical (unpaired) electrons. The van der Waals surface area contributed by atoms with Crippen molar-refractivity contribution in [1.29, 1.82) is 0 Å². The second-order valence-corrected chi connectivity index (χ2v) is 5.29. The van der Waals surface area contributed by atoms with Gasteiger partial charge in [0.05, 0.1) is 11.6 Å². The molecule has 0 fully saturated rings. The molecule has 96 valence electrons. The van der Waals surface area contributed by atoms with E-state index in [-0.39, 0.29) is 11.6 Å². The SMILES string of the molecule is CC1(N)C=CC=CC1Nc1ccc2ccccc2c1. The van der Waals surface area contributed by atoms with Crippen molar-refractivity contribution in [1.82, 2.24) is 0 Å². The van der Waals surface area contributed by atoms with Gasteiger partial charge in [0.1, 0.15) is 0 Å². The minimum atomic E-state index is -0.361. The maximum atomic E-state index is 6.28. The Morgan fingerprint density at radius 1 is 1.05 bits per heavy atom. The number of benzene rings is 2. The fraction of sp³-hybridized carbons (Fsp3) is 0.176. The lowest BCUT2D eigenvalue weighted by Crippen LogP contribution is -2.50. The number of hydrogen-bond acceptors (Lipinski definition) is 2. The summed E-state index contributed by atoms with van der Waals surface area (Å²) in [6, 6.07) is 14.9. The average Bonchev–Trinajstić information content (AvgIpc) is 2.41. The molecule has 2 atom stereocenters. The lowest BCUT2D eigenvalue weighted by Gasteiger charge is -2.32. The molecular weight excluding hydrogens is 232 g/mol. The van der Waals surface area contributed by atoms with Gasteiger partial charge in [0.15, 0.2) is 0 Å². The highest BCUT2D eigenvalue weighted by atomic mass is 15.0. The first-order valence-corrected chi connectivity index (χ1v) is 6.55. The normalized spacial score (nSPS) is 25.7. The van der Waals surface area contributed by atoms with Crippen LogP contribution in [0, 0.1) is 0 Å². The smallest absolute Gasteiger partial charge is 0.0660 e. The average molecular weight is 250 g/mol. The van der Waals surface area contributed by atoms with Gasteiger partial charge in [0.2, 0.25) is 0 Å². The van der Waals surface area contributed by atoms with E-state index < -0.39 is 0 Å². The number of fused-ring (bicyclic) bond motifs is 1. The molecule has 1 aliphatic rings. The molecule has 0 bridgehead atoms. The number of rotatable bonds is 2. The van der Waals surface area contributed by atoms with Crippen LogP contribution in [-0.4, -0.2) is 11.6 Å². The molecule has 0 amide bonds. The van der Waals surface area contributed by atoms with Crippen molar-refractivity contribution in [2.24, 2.45) is 5.73 Å². The number of nitrogens with one attached hydrogen (secondary N) is 1. The fourth-order valence-electron chi connectivity index (χ4n) is 2.41. The first-order chi connectivity index (χ1) is 9.15. The summed E-state index contributed by atoms with van der Waals surface area (Å²) in [6.45, 7) is 2.03. The van der Waals surface area contributed by atoms with Gasteiger partial charge in [-0.25, -0.2) is 0 Å². The van der Waals surface area contributed by atoms with Crippen LogP contribution in [0.1, 0.15) is 6.92 Å². The van der Waals surface area contributed by atoms with Crippen molar-refractivity contribution in [3.63, 3.8) is 0 Å². The van der Waals surface area contributed by atoms with Crippen molar-refractivity contribution in [3.05, 3.63) is 66.8 Å². The molecule has 2 aromatic carbocycles. The molecule has 0 aromatic heterocycles. The number of nitrogens with two attached hydrogens (primary N) is 1. The van der Waals surface area contributed by atoms with Crippen LogP contribution in [0.5, 0.6) is 0 Å². The molecule has 2 nitrogen and oxygen atoms in total. The Balaban J connectivity index is 1.89. The molecule has 0 heterocycles. The highest BCUT2D eigenvalue weighted by Crippen LogP contribution is 2.23. The van der Waals surface area contributed by atoms with Crippen molar-refractivity contribution < 1.29 is 0 Å². The lowest BCUT2D eigenvalue weighted by molar-refractivity contribution is 0.539. The summed E-state index contributed by atoms with van der Waals surface area (Å²) in [5.41, 5.74) is 7.02. The minimum Gasteiger partial charge on any atom is -0.377 e. The number of hydrogen-bond donors (Lipinski definition) is 2. The highest BCUT2D eigenvalue weighted by molar-refractivity contribution is 5.85. The predicted molar refractivity (Wildman–Crippen MR) is 82.2 cm³/mol. The van der Waals surface area contributed by atoms with Gasteiger partial charge in [0.25, 0.3) is 0 Å². The Bertz CT molecular complexity index is 653. The van der Waals surface area contributed by atoms with Crippen molar-refractivity contribution >= 4 is 16.5 Å². The van der Waals surface area contributed by atoms with E-state index in [1.54, 1.807) is 0 Å². The summed E-state index contributed by atoms with van der Waals surface area (Å²) in [5.74, 6) is 0. The Morgan fingerprint density at radius 2 is 1.84 bits per heavy atom. The van der Waals surface area contributed by atoms with Crippen LogP contribution in [0.2, 0.25) is 0 Å². The van der Waals surface area contributed by atoms with Gasteiger partial charge in [0, 0.05) is 5.69 Å². The van der Waals surface area contributed by atoms with Crippen molar-refractivity contribution in [2.45, 2.75) is 18.5 Å². The van der Waals surface area contributed by atoms with Crippen molar-refractivity contribution in [3.8, 4) is 0 Å². The molecular formula is C17H18N2. The molecule has 19 heavy (non-hydrogen) atoms. The summed E-state index contributed by atoms with van der Waals surface area (Å²) in [4.78, 5) is 0. The van der Waals surface area contributed by atoms with E-state index in [0.29, 0.717) is 0 Å². The third-order valence-electron chi connectivity index (χ3n) is 3.61. The zero-order valence-corrected chi connectivity index (χ0v) is 11.0. The molecule has 0 aliphatic heterocycles. The number of anilines is 1. The molecule has 3 rings (SSSR count). The Kier molecular flexibility index (Phi) is 2.88. The van der Waals surface area contributed by atoms with Gasteiger partial charge in [-0.15, -0.1) is 0 Å². The Hall–Kier alpha value is -2.06. The first-order valence-electron chi connectivity index (χ1n) is 6.55. The molecule has 2 aromatic rings. The van der Waals surface area contributed by atoms with E-state index in [1.165, 1.54) is 10.8 Å². The van der Waals surface area contributed by atoms with Gasteiger partial charge in [-0.05, 0) is 29.8 Å². The molecule has 1 aliphatic carbocycles. The van der Waals surface area contributed by atoms with E-state index in [0.717, 1.165) is 5.69 Å². The third-order valence-corrected chi connectivity index (χ3v) is 3.61. The highest BCUT2D eigenvalue weighted by Gasteiger charge is 2.26. The van der Waals surface area contributed by atoms with Crippen LogP contribution < -0.4 is 11.1 Å². The zero-order chi connectivity index (χ0) is 13.3. The Morgan fingerprint density at radius 3 is 2.63 bits per heavy atom. The maximum Gasteiger partial charge on any atom is 0.0660 e. The minimum absolute atomic E-state index is 0.110. The quantitative estimate of drug-likeness (QED) is 0.856. The van der Waals surface area contributed by atoms with E-state index >= 15 is 0 Å². The zero-order valence-electron chi connectivity index (χ0n) is 11.0. The molecule has 2 unspecified atom stereocenters. The van der Waals surface area contributed by atoms with Crippen LogP contribution in [0.25, 0.3) is 10.8 Å². The molecule has 0 saturated heterocycles. The standard InChI is InChI=1S/C17H18N2/c1-17(18)11-5-4-8-16(17)19-15-10-9-13-6-2-3-7-14(13)12-15/h2-12,16,19H,18H2,1H3. The Labute approximate surface area is 113 Å². The van der Waals surface area contributed by atoms with Crippen LogP contribution in [0.15, 0.2) is 66.8 Å². The van der Waals surface area contributed by atoms with Gasteiger partial charge in [-0.2, -0.15) is 0 Å². The van der Waals surface area contributed by atoms with Crippen LogP contribution in [-0.2, 0) is 0 Å². The number of allylic oxidation sites excluding steroid dienone is 2. The van der Waals surface area contributed by atoms with E-state index in [2.05, 4.69) is 53.9 Å². The van der Waals surface area contributed by atoms with Crippen LogP contribution in [0.4, 0.5) is 5.69 Å². The largest absolute Gasteiger partial charge is 0.377 e. The van der Waals surface area contributed by atoms with Crippen LogP contribution >= 0.6 is 0 Å². The summed E-state index contributed by atoms with van der Waals surface area (Å²) < 4.78 is 0. The predicted octanol–water partition coefficient (Wildman–Crippen LogP) is 3.46. The summed E-state index contributed by atoms with van der Waals surface area (Å²) in [5, 5.41) is 5.99. The van der Waals surface area contributed by atoms with Gasteiger partial charge < -0.3 is 11.1 Å². The topological polar surface area (TPSA) is 38.0 Å². The molecule has 3 N–H and O–H groups in total. The van der Waals surface area contributed by atoms with Crippen molar-refractivity contribution in [2.75, 3.05) is 5.32 Å². The van der Waals surface area contributed by atoms with E-state index in [9.17, 15) is 0 Å². The molecule has 2 heteroatoms. The van der Waals surface area contributed by atoms with E-state index in [4.69, 9.17) is 5.73 Å². The lowest BCUT2D eigenvalue weighted by atomic mass is 9.89. The third kappa shape index (κ3) is 2.40. The molecule has 0 spiro atoms. The van der Waals surface area contributed by atoms with Gasteiger partial charge >= 0.3 is 0 Å².